The highest BCUT2D eigenvalue weighted by Gasteiger charge is 2.41. The predicted octanol–water partition coefficient (Wildman–Crippen LogP) is 1.62. The van der Waals surface area contributed by atoms with Crippen LogP contribution in [0.4, 0.5) is 5.13 Å². The van der Waals surface area contributed by atoms with Crippen LogP contribution in [0.15, 0.2) is 0 Å². The zero-order chi connectivity index (χ0) is 14.9. The van der Waals surface area contributed by atoms with Crippen molar-refractivity contribution in [1.82, 2.24) is 4.98 Å². The van der Waals surface area contributed by atoms with E-state index in [1.165, 1.54) is 11.3 Å². The van der Waals surface area contributed by atoms with Crippen molar-refractivity contribution < 1.29 is 19.0 Å². The number of esters is 1. The van der Waals surface area contributed by atoms with E-state index < -0.39 is 0 Å². The predicted molar refractivity (Wildman–Crippen MR) is 79.1 cm³/mol. The van der Waals surface area contributed by atoms with Crippen LogP contribution in [0.3, 0.4) is 0 Å². The van der Waals surface area contributed by atoms with Gasteiger partial charge in [-0.05, 0) is 13.8 Å². The number of thiazole rings is 1. The van der Waals surface area contributed by atoms with E-state index in [0.29, 0.717) is 24.7 Å². The molecule has 3 rings (SSSR count). The third kappa shape index (κ3) is 2.90. The number of hydrogen-bond acceptors (Lipinski definition) is 7. The zero-order valence-electron chi connectivity index (χ0n) is 12.4. The number of aromatic nitrogens is 1. The van der Waals surface area contributed by atoms with Gasteiger partial charge in [-0.3, -0.25) is 0 Å². The van der Waals surface area contributed by atoms with Crippen molar-refractivity contribution in [2.75, 3.05) is 44.4 Å². The van der Waals surface area contributed by atoms with Crippen LogP contribution in [-0.4, -0.2) is 56.1 Å². The monoisotopic (exact) mass is 312 g/mol. The Kier molecular flexibility index (Phi) is 4.14. The van der Waals surface area contributed by atoms with Crippen LogP contribution in [0, 0.1) is 6.92 Å². The minimum Gasteiger partial charge on any atom is -0.462 e. The molecule has 6 nitrogen and oxygen atoms in total. The molecule has 2 saturated heterocycles. The largest absolute Gasteiger partial charge is 0.462 e. The van der Waals surface area contributed by atoms with Crippen LogP contribution in [0.5, 0.6) is 0 Å². The van der Waals surface area contributed by atoms with Gasteiger partial charge in [0.2, 0.25) is 0 Å². The lowest BCUT2D eigenvalue weighted by molar-refractivity contribution is -0.0579. The van der Waals surface area contributed by atoms with E-state index in [1.807, 2.05) is 6.92 Å². The van der Waals surface area contributed by atoms with Gasteiger partial charge in [0.15, 0.2) is 5.13 Å². The average molecular weight is 312 g/mol. The first-order valence-electron chi connectivity index (χ1n) is 7.25. The minimum absolute atomic E-state index is 0.206. The topological polar surface area (TPSA) is 60.9 Å². The van der Waals surface area contributed by atoms with Gasteiger partial charge in [-0.25, -0.2) is 9.78 Å². The Morgan fingerprint density at radius 1 is 1.52 bits per heavy atom. The van der Waals surface area contributed by atoms with Crippen molar-refractivity contribution in [1.29, 1.82) is 0 Å². The molecule has 0 aliphatic carbocycles. The molecule has 116 valence electrons. The highest BCUT2D eigenvalue weighted by atomic mass is 32.1. The molecule has 7 heteroatoms. The standard InChI is InChI=1S/C14H20N2O4S/c1-3-19-12(17)11-10(2)15-13(21-11)16-5-7-20-14(8-16)4-6-18-9-14/h3-9H2,1-2H3. The van der Waals surface area contributed by atoms with Gasteiger partial charge < -0.3 is 19.1 Å². The Balaban J connectivity index is 1.77. The summed E-state index contributed by atoms with van der Waals surface area (Å²) in [6, 6.07) is 0. The Morgan fingerprint density at radius 2 is 2.38 bits per heavy atom. The lowest BCUT2D eigenvalue weighted by Gasteiger charge is -2.39. The number of morpholine rings is 1. The van der Waals surface area contributed by atoms with Crippen LogP contribution in [0.1, 0.15) is 28.7 Å². The molecule has 1 unspecified atom stereocenters. The number of nitrogens with zero attached hydrogens (tertiary/aromatic N) is 2. The van der Waals surface area contributed by atoms with Gasteiger partial charge in [0.25, 0.3) is 0 Å². The van der Waals surface area contributed by atoms with Crippen molar-refractivity contribution in [2.45, 2.75) is 25.9 Å². The zero-order valence-corrected chi connectivity index (χ0v) is 13.2. The van der Waals surface area contributed by atoms with Crippen LogP contribution < -0.4 is 4.90 Å². The molecule has 2 aliphatic heterocycles. The first-order chi connectivity index (χ1) is 10.1. The fraction of sp³-hybridized carbons (Fsp3) is 0.714. The highest BCUT2D eigenvalue weighted by molar-refractivity contribution is 7.17. The van der Waals surface area contributed by atoms with Crippen molar-refractivity contribution in [3.05, 3.63) is 10.6 Å². The summed E-state index contributed by atoms with van der Waals surface area (Å²) in [5.74, 6) is -0.286. The van der Waals surface area contributed by atoms with E-state index >= 15 is 0 Å². The maximum atomic E-state index is 11.9. The van der Waals surface area contributed by atoms with Crippen LogP contribution in [-0.2, 0) is 14.2 Å². The summed E-state index contributed by atoms with van der Waals surface area (Å²) >= 11 is 1.40. The summed E-state index contributed by atoms with van der Waals surface area (Å²) in [7, 11) is 0. The van der Waals surface area contributed by atoms with Gasteiger partial charge in [0.1, 0.15) is 10.5 Å². The molecular formula is C14H20N2O4S. The minimum atomic E-state index is -0.286. The van der Waals surface area contributed by atoms with Gasteiger partial charge in [0.05, 0.1) is 32.1 Å². The quantitative estimate of drug-likeness (QED) is 0.791. The fourth-order valence-electron chi connectivity index (χ4n) is 2.74. The molecule has 21 heavy (non-hydrogen) atoms. The van der Waals surface area contributed by atoms with E-state index in [4.69, 9.17) is 14.2 Å². The number of anilines is 1. The first-order valence-corrected chi connectivity index (χ1v) is 8.06. The summed E-state index contributed by atoms with van der Waals surface area (Å²) in [4.78, 5) is 19.2. The number of aryl methyl sites for hydroxylation is 1. The second kappa shape index (κ2) is 5.90. The van der Waals surface area contributed by atoms with Crippen LogP contribution >= 0.6 is 11.3 Å². The summed E-state index contributed by atoms with van der Waals surface area (Å²) in [6.45, 7) is 7.64. The molecule has 1 spiro atoms. The molecule has 2 aliphatic rings. The number of hydrogen-bond donors (Lipinski definition) is 0. The number of carbonyl (C=O) groups excluding carboxylic acids is 1. The molecule has 0 radical (unpaired) electrons. The van der Waals surface area contributed by atoms with E-state index in [2.05, 4.69) is 9.88 Å². The average Bonchev–Trinajstić information content (AvgIpc) is 3.06. The van der Waals surface area contributed by atoms with Crippen LogP contribution in [0.2, 0.25) is 0 Å². The lowest BCUT2D eigenvalue weighted by atomic mass is 10.0. The molecule has 0 amide bonds. The number of ether oxygens (including phenoxy) is 3. The second-order valence-corrected chi connectivity index (χ2v) is 6.36. The van der Waals surface area contributed by atoms with Gasteiger partial charge in [-0.2, -0.15) is 0 Å². The third-order valence-corrected chi connectivity index (χ3v) is 5.03. The summed E-state index contributed by atoms with van der Waals surface area (Å²) in [5.41, 5.74) is 0.527. The number of carbonyl (C=O) groups is 1. The normalized spacial score (nSPS) is 25.5. The highest BCUT2D eigenvalue weighted by Crippen LogP contribution is 2.33. The Labute approximate surface area is 128 Å². The van der Waals surface area contributed by atoms with E-state index in [0.717, 1.165) is 36.9 Å². The lowest BCUT2D eigenvalue weighted by Crippen LogP contribution is -2.52. The Bertz CT molecular complexity index is 525. The first kappa shape index (κ1) is 14.7. The molecule has 1 atom stereocenters. The molecule has 0 saturated carbocycles. The van der Waals surface area contributed by atoms with Crippen molar-refractivity contribution >= 4 is 22.4 Å². The maximum Gasteiger partial charge on any atom is 0.350 e. The van der Waals surface area contributed by atoms with Gasteiger partial charge in [-0.15, -0.1) is 0 Å². The SMILES string of the molecule is CCOC(=O)c1sc(N2CCOC3(CCOC3)C2)nc1C. The molecule has 3 heterocycles. The van der Waals surface area contributed by atoms with Crippen molar-refractivity contribution in [2.24, 2.45) is 0 Å². The van der Waals surface area contributed by atoms with E-state index in [-0.39, 0.29) is 11.6 Å². The Morgan fingerprint density at radius 3 is 3.10 bits per heavy atom. The van der Waals surface area contributed by atoms with E-state index in [1.54, 1.807) is 6.92 Å². The van der Waals surface area contributed by atoms with Crippen molar-refractivity contribution in [3.63, 3.8) is 0 Å². The maximum absolute atomic E-state index is 11.9. The van der Waals surface area contributed by atoms with Gasteiger partial charge in [-0.1, -0.05) is 11.3 Å². The van der Waals surface area contributed by atoms with E-state index in [9.17, 15) is 4.79 Å². The van der Waals surface area contributed by atoms with Crippen LogP contribution in [0.25, 0.3) is 0 Å². The molecule has 0 N–H and O–H groups in total. The number of rotatable bonds is 3. The second-order valence-electron chi connectivity index (χ2n) is 5.39. The molecule has 0 aromatic carbocycles. The molecule has 1 aromatic rings. The smallest absolute Gasteiger partial charge is 0.350 e. The molecule has 1 aromatic heterocycles. The van der Waals surface area contributed by atoms with Crippen molar-refractivity contribution in [3.8, 4) is 0 Å². The van der Waals surface area contributed by atoms with Gasteiger partial charge in [0, 0.05) is 19.6 Å². The molecule has 0 bridgehead atoms. The van der Waals surface area contributed by atoms with Gasteiger partial charge >= 0.3 is 5.97 Å². The summed E-state index contributed by atoms with van der Waals surface area (Å²) in [6.07, 6.45) is 0.915. The fourth-order valence-corrected chi connectivity index (χ4v) is 3.72. The Hall–Kier alpha value is -1.18. The summed E-state index contributed by atoms with van der Waals surface area (Å²) in [5, 5.41) is 0.866. The third-order valence-electron chi connectivity index (χ3n) is 3.83. The molecular weight excluding hydrogens is 292 g/mol. The molecule has 2 fully saturated rings. The summed E-state index contributed by atoms with van der Waals surface area (Å²) < 4.78 is 16.5.